The number of halogens is 1. The SMILES string of the molecule is CCC(C)NC(=O)CCN(c1cc(OC)c(Cl)cc1OC)S(C)(=O)=O. The second-order valence-electron chi connectivity index (χ2n) is 5.62. The zero-order valence-electron chi connectivity index (χ0n) is 15.1. The van der Waals surface area contributed by atoms with Crippen LogP contribution in [0.15, 0.2) is 12.1 Å². The maximum Gasteiger partial charge on any atom is 0.232 e. The van der Waals surface area contributed by atoms with Gasteiger partial charge in [0.1, 0.15) is 11.5 Å². The summed E-state index contributed by atoms with van der Waals surface area (Å²) < 4.78 is 36.0. The van der Waals surface area contributed by atoms with Crippen LogP contribution in [0.1, 0.15) is 26.7 Å². The molecule has 1 aromatic carbocycles. The Morgan fingerprint density at radius 2 is 1.88 bits per heavy atom. The lowest BCUT2D eigenvalue weighted by molar-refractivity contribution is -0.121. The van der Waals surface area contributed by atoms with Crippen LogP contribution in [0, 0.1) is 0 Å². The van der Waals surface area contributed by atoms with Gasteiger partial charge in [-0.2, -0.15) is 0 Å². The van der Waals surface area contributed by atoms with E-state index in [1.807, 2.05) is 13.8 Å². The van der Waals surface area contributed by atoms with E-state index in [1.54, 1.807) is 0 Å². The van der Waals surface area contributed by atoms with Crippen LogP contribution < -0.4 is 19.1 Å². The van der Waals surface area contributed by atoms with Gasteiger partial charge in [0.05, 0.1) is 31.2 Å². The molecule has 0 saturated carbocycles. The van der Waals surface area contributed by atoms with Crippen LogP contribution in [0.3, 0.4) is 0 Å². The molecule has 1 N–H and O–H groups in total. The van der Waals surface area contributed by atoms with E-state index < -0.39 is 10.0 Å². The summed E-state index contributed by atoms with van der Waals surface area (Å²) in [5.74, 6) is 0.372. The van der Waals surface area contributed by atoms with Gasteiger partial charge in [-0.1, -0.05) is 18.5 Å². The van der Waals surface area contributed by atoms with Gasteiger partial charge in [-0.3, -0.25) is 9.10 Å². The lowest BCUT2D eigenvalue weighted by atomic mass is 10.2. The summed E-state index contributed by atoms with van der Waals surface area (Å²) in [6.07, 6.45) is 1.88. The van der Waals surface area contributed by atoms with E-state index in [9.17, 15) is 13.2 Å². The van der Waals surface area contributed by atoms with Crippen LogP contribution in [0.25, 0.3) is 0 Å². The van der Waals surface area contributed by atoms with Crippen LogP contribution in [0.2, 0.25) is 5.02 Å². The molecule has 0 aliphatic heterocycles. The molecule has 9 heteroatoms. The number of carbonyl (C=O) groups excluding carboxylic acids is 1. The minimum Gasteiger partial charge on any atom is -0.495 e. The van der Waals surface area contributed by atoms with Gasteiger partial charge < -0.3 is 14.8 Å². The van der Waals surface area contributed by atoms with Gasteiger partial charge >= 0.3 is 0 Å². The van der Waals surface area contributed by atoms with Crippen molar-refractivity contribution in [2.75, 3.05) is 31.3 Å². The van der Waals surface area contributed by atoms with Crippen LogP contribution in [0.4, 0.5) is 5.69 Å². The average Bonchev–Trinajstić information content (AvgIpc) is 2.54. The summed E-state index contributed by atoms with van der Waals surface area (Å²) in [7, 11) is -0.797. The highest BCUT2D eigenvalue weighted by atomic mass is 35.5. The molecule has 1 amide bonds. The van der Waals surface area contributed by atoms with E-state index in [-0.39, 0.29) is 36.4 Å². The summed E-state index contributed by atoms with van der Waals surface area (Å²) >= 11 is 6.06. The van der Waals surface area contributed by atoms with Crippen molar-refractivity contribution < 1.29 is 22.7 Å². The standard InChI is InChI=1S/C16H25ClN2O5S/c1-6-11(2)18-16(20)7-8-19(25(5,21)22)13-10-14(23-3)12(17)9-15(13)24-4/h9-11H,6-8H2,1-5H3,(H,18,20). The Labute approximate surface area is 154 Å². The molecule has 1 rings (SSSR count). The fraction of sp³-hybridized carbons (Fsp3) is 0.562. The zero-order chi connectivity index (χ0) is 19.2. The Morgan fingerprint density at radius 1 is 1.28 bits per heavy atom. The topological polar surface area (TPSA) is 84.9 Å². The van der Waals surface area contributed by atoms with Gasteiger partial charge in [-0.15, -0.1) is 0 Å². The lowest BCUT2D eigenvalue weighted by Crippen LogP contribution is -2.37. The third-order valence-corrected chi connectivity index (χ3v) is 5.16. The van der Waals surface area contributed by atoms with Crippen LogP contribution in [-0.2, 0) is 14.8 Å². The molecule has 0 aliphatic carbocycles. The van der Waals surface area contributed by atoms with Gasteiger partial charge in [0.2, 0.25) is 15.9 Å². The quantitative estimate of drug-likeness (QED) is 0.697. The van der Waals surface area contributed by atoms with Crippen molar-refractivity contribution in [3.05, 3.63) is 17.2 Å². The molecular weight excluding hydrogens is 368 g/mol. The number of carbonyl (C=O) groups is 1. The summed E-state index contributed by atoms with van der Waals surface area (Å²) in [5, 5.41) is 3.11. The molecule has 142 valence electrons. The summed E-state index contributed by atoms with van der Waals surface area (Å²) in [6, 6.07) is 2.99. The smallest absolute Gasteiger partial charge is 0.232 e. The number of benzene rings is 1. The van der Waals surface area contributed by atoms with E-state index in [0.29, 0.717) is 10.8 Å². The van der Waals surface area contributed by atoms with Gasteiger partial charge in [-0.25, -0.2) is 8.42 Å². The molecule has 0 bridgehead atoms. The zero-order valence-corrected chi connectivity index (χ0v) is 16.7. The van der Waals surface area contributed by atoms with Crippen molar-refractivity contribution in [3.63, 3.8) is 0 Å². The minimum absolute atomic E-state index is 0.0194. The molecule has 0 spiro atoms. The Morgan fingerprint density at radius 3 is 2.36 bits per heavy atom. The second kappa shape index (κ2) is 9.15. The molecule has 0 fully saturated rings. The molecule has 1 aromatic rings. The van der Waals surface area contributed by atoms with Gasteiger partial charge in [0.25, 0.3) is 0 Å². The Hall–Kier alpha value is -1.67. The van der Waals surface area contributed by atoms with Gasteiger partial charge in [-0.05, 0) is 13.3 Å². The van der Waals surface area contributed by atoms with Crippen molar-refractivity contribution in [1.82, 2.24) is 5.32 Å². The van der Waals surface area contributed by atoms with Gasteiger partial charge in [0.15, 0.2) is 0 Å². The highest BCUT2D eigenvalue weighted by molar-refractivity contribution is 7.92. The van der Waals surface area contributed by atoms with E-state index >= 15 is 0 Å². The maximum atomic E-state index is 12.2. The largest absolute Gasteiger partial charge is 0.495 e. The molecule has 0 aromatic heterocycles. The molecule has 1 atom stereocenters. The first kappa shape index (κ1) is 21.4. The summed E-state index contributed by atoms with van der Waals surface area (Å²) in [5.41, 5.74) is 0.266. The molecule has 7 nitrogen and oxygen atoms in total. The number of nitrogens with zero attached hydrogens (tertiary/aromatic N) is 1. The Kier molecular flexibility index (Phi) is 7.82. The molecule has 25 heavy (non-hydrogen) atoms. The molecular formula is C16H25ClN2O5S. The predicted molar refractivity (Wildman–Crippen MR) is 99.3 cm³/mol. The highest BCUT2D eigenvalue weighted by Crippen LogP contribution is 2.39. The monoisotopic (exact) mass is 392 g/mol. The molecule has 0 aliphatic rings. The van der Waals surface area contributed by atoms with Crippen LogP contribution >= 0.6 is 11.6 Å². The second-order valence-corrected chi connectivity index (χ2v) is 7.93. The third kappa shape index (κ3) is 5.97. The number of rotatable bonds is 9. The number of anilines is 1. The van der Waals surface area contributed by atoms with Crippen molar-refractivity contribution in [3.8, 4) is 11.5 Å². The predicted octanol–water partition coefficient (Wildman–Crippen LogP) is 2.43. The lowest BCUT2D eigenvalue weighted by Gasteiger charge is -2.25. The van der Waals surface area contributed by atoms with Crippen molar-refractivity contribution >= 4 is 33.2 Å². The van der Waals surface area contributed by atoms with Crippen LogP contribution in [0.5, 0.6) is 11.5 Å². The number of nitrogens with one attached hydrogen (secondary N) is 1. The first-order chi connectivity index (χ1) is 11.6. The summed E-state index contributed by atoms with van der Waals surface area (Å²) in [4.78, 5) is 12.0. The first-order valence-electron chi connectivity index (χ1n) is 7.82. The van der Waals surface area contributed by atoms with Crippen molar-refractivity contribution in [2.45, 2.75) is 32.7 Å². The Bertz CT molecular complexity index is 709. The number of amides is 1. The maximum absolute atomic E-state index is 12.2. The number of hydrogen-bond acceptors (Lipinski definition) is 5. The first-order valence-corrected chi connectivity index (χ1v) is 10.0. The molecule has 0 heterocycles. The van der Waals surface area contributed by atoms with Gasteiger partial charge in [0, 0.05) is 31.1 Å². The number of methoxy groups -OCH3 is 2. The number of sulfonamides is 1. The van der Waals surface area contributed by atoms with E-state index in [4.69, 9.17) is 21.1 Å². The number of hydrogen-bond donors (Lipinski definition) is 1. The Balaban J connectivity index is 3.14. The molecule has 0 saturated heterocycles. The minimum atomic E-state index is -3.64. The third-order valence-electron chi connectivity index (χ3n) is 3.68. The van der Waals surface area contributed by atoms with E-state index in [1.165, 1.54) is 26.4 Å². The van der Waals surface area contributed by atoms with Crippen molar-refractivity contribution in [1.29, 1.82) is 0 Å². The van der Waals surface area contributed by atoms with Crippen LogP contribution in [-0.4, -0.2) is 47.4 Å². The van der Waals surface area contributed by atoms with E-state index in [0.717, 1.165) is 17.0 Å². The summed E-state index contributed by atoms with van der Waals surface area (Å²) in [6.45, 7) is 3.82. The van der Waals surface area contributed by atoms with E-state index in [2.05, 4.69) is 5.32 Å². The molecule has 0 radical (unpaired) electrons. The van der Waals surface area contributed by atoms with Crippen molar-refractivity contribution in [2.24, 2.45) is 0 Å². The number of ether oxygens (including phenoxy) is 2. The highest BCUT2D eigenvalue weighted by Gasteiger charge is 2.24. The fourth-order valence-electron chi connectivity index (χ4n) is 2.16. The fourth-order valence-corrected chi connectivity index (χ4v) is 3.31. The average molecular weight is 393 g/mol. The normalized spacial score (nSPS) is 12.4. The molecule has 1 unspecified atom stereocenters.